The molecule has 0 heterocycles. The first kappa shape index (κ1) is 5.96. The van der Waals surface area contributed by atoms with Crippen molar-refractivity contribution in [3.05, 3.63) is 0 Å². The molecule has 7 heavy (non-hydrogen) atoms. The van der Waals surface area contributed by atoms with Crippen molar-refractivity contribution >= 4 is 6.41 Å². The monoisotopic (exact) mass is 98.0 g/mol. The van der Waals surface area contributed by atoms with Crippen LogP contribution in [0.2, 0.25) is 0 Å². The van der Waals surface area contributed by atoms with E-state index in [0.29, 0.717) is 13.0 Å². The molecule has 0 aromatic carbocycles. The summed E-state index contributed by atoms with van der Waals surface area (Å²) >= 11 is 0. The molecule has 0 saturated heterocycles. The number of carbonyl (C=O) groups excluding carboxylic acids is 1. The summed E-state index contributed by atoms with van der Waals surface area (Å²) in [5.41, 5.74) is 0. The third kappa shape index (κ3) is 1.77. The number of nitrogens with zero attached hydrogens (tertiary/aromatic N) is 2. The predicted octanol–water partition coefficient (Wildman–Crippen LogP) is -0.0542. The number of amides is 1. The molecule has 0 aliphatic heterocycles. The van der Waals surface area contributed by atoms with Crippen molar-refractivity contribution in [2.45, 2.75) is 6.92 Å². The maximum Gasteiger partial charge on any atom is 0.222 e. The Labute approximate surface area is 42.1 Å². The van der Waals surface area contributed by atoms with Gasteiger partial charge in [0, 0.05) is 6.54 Å². The minimum atomic E-state index is 0.458. The molecule has 0 saturated carbocycles. The van der Waals surface area contributed by atoms with E-state index >= 15 is 0 Å². The highest BCUT2D eigenvalue weighted by Gasteiger charge is 1.87. The lowest BCUT2D eigenvalue weighted by molar-refractivity contribution is -0.115. The van der Waals surface area contributed by atoms with Gasteiger partial charge in [-0.25, -0.2) is 0 Å². The molecule has 0 aliphatic carbocycles. The Morgan fingerprint density at radius 2 is 2.57 bits per heavy atom. The lowest BCUT2D eigenvalue weighted by Crippen LogP contribution is -2.13. The second-order valence-corrected chi connectivity index (χ2v) is 0.991. The molecule has 3 nitrogen and oxygen atoms in total. The van der Waals surface area contributed by atoms with Gasteiger partial charge in [0.1, 0.15) is 0 Å². The van der Waals surface area contributed by atoms with E-state index in [1.807, 2.05) is 0 Å². The quantitative estimate of drug-likeness (QED) is 0.276. The molecule has 0 fully saturated rings. The fraction of sp³-hybridized carbons (Fsp3) is 0.500. The summed E-state index contributed by atoms with van der Waals surface area (Å²) < 4.78 is 0. The van der Waals surface area contributed by atoms with Crippen LogP contribution in [0.1, 0.15) is 6.92 Å². The molecular weight excluding hydrogens is 92.1 g/mol. The first-order valence-corrected chi connectivity index (χ1v) is 1.96. The van der Waals surface area contributed by atoms with E-state index < -0.39 is 0 Å². The Balaban J connectivity index is 3.43. The molecule has 0 bridgehead atoms. The zero-order chi connectivity index (χ0) is 5.70. The van der Waals surface area contributed by atoms with E-state index in [4.69, 9.17) is 5.26 Å². The second kappa shape index (κ2) is 3.16. The van der Waals surface area contributed by atoms with Gasteiger partial charge in [0.2, 0.25) is 6.41 Å². The molecule has 0 spiro atoms. The highest BCUT2D eigenvalue weighted by molar-refractivity contribution is 5.49. The Bertz CT molecular complexity index is 94.4. The molecule has 0 rings (SSSR count). The molecular formula is C4H6N2O. The molecule has 3 heteroatoms. The number of rotatable bonds is 2. The number of hydrogen-bond acceptors (Lipinski definition) is 2. The van der Waals surface area contributed by atoms with Crippen molar-refractivity contribution in [1.82, 2.24) is 4.90 Å². The van der Waals surface area contributed by atoms with Gasteiger partial charge in [-0.1, -0.05) is 0 Å². The Morgan fingerprint density at radius 3 is 2.57 bits per heavy atom. The zero-order valence-corrected chi connectivity index (χ0v) is 4.09. The van der Waals surface area contributed by atoms with E-state index in [0.717, 1.165) is 4.90 Å². The summed E-state index contributed by atoms with van der Waals surface area (Å²) in [4.78, 5) is 10.7. The summed E-state index contributed by atoms with van der Waals surface area (Å²) in [6.07, 6.45) is 2.17. The summed E-state index contributed by atoms with van der Waals surface area (Å²) in [5.74, 6) is 0. The van der Waals surface area contributed by atoms with Gasteiger partial charge >= 0.3 is 0 Å². The van der Waals surface area contributed by atoms with Crippen molar-refractivity contribution < 1.29 is 4.79 Å². The van der Waals surface area contributed by atoms with Gasteiger partial charge in [-0.15, -0.1) is 0 Å². The van der Waals surface area contributed by atoms with Gasteiger partial charge in [0.15, 0.2) is 6.19 Å². The van der Waals surface area contributed by atoms with Crippen molar-refractivity contribution in [3.8, 4) is 6.19 Å². The smallest absolute Gasteiger partial charge is 0.222 e. The molecule has 0 N–H and O–H groups in total. The van der Waals surface area contributed by atoms with Crippen molar-refractivity contribution in [2.75, 3.05) is 6.54 Å². The Kier molecular flexibility index (Phi) is 2.69. The van der Waals surface area contributed by atoms with Crippen LogP contribution in [0.5, 0.6) is 0 Å². The highest BCUT2D eigenvalue weighted by atomic mass is 16.1. The van der Waals surface area contributed by atoms with Crippen LogP contribution in [-0.4, -0.2) is 17.9 Å². The van der Waals surface area contributed by atoms with Gasteiger partial charge in [-0.2, -0.15) is 5.26 Å². The third-order valence-corrected chi connectivity index (χ3v) is 0.596. The minimum Gasteiger partial charge on any atom is -0.278 e. The van der Waals surface area contributed by atoms with E-state index in [2.05, 4.69) is 0 Å². The van der Waals surface area contributed by atoms with E-state index in [9.17, 15) is 4.79 Å². The van der Waals surface area contributed by atoms with E-state index in [1.54, 1.807) is 13.1 Å². The second-order valence-electron chi connectivity index (χ2n) is 0.991. The average Bonchev–Trinajstić information content (AvgIpc) is 1.72. The number of carbonyl (C=O) groups is 1. The van der Waals surface area contributed by atoms with E-state index in [-0.39, 0.29) is 0 Å². The first-order chi connectivity index (χ1) is 3.35. The van der Waals surface area contributed by atoms with Gasteiger partial charge < -0.3 is 0 Å². The molecule has 0 atom stereocenters. The van der Waals surface area contributed by atoms with Crippen LogP contribution in [0.4, 0.5) is 0 Å². The predicted molar refractivity (Wildman–Crippen MR) is 24.1 cm³/mol. The lowest BCUT2D eigenvalue weighted by Gasteiger charge is -1.96. The van der Waals surface area contributed by atoms with Gasteiger partial charge in [-0.05, 0) is 6.92 Å². The summed E-state index contributed by atoms with van der Waals surface area (Å²) in [6, 6.07) is 0. The number of hydrogen-bond donors (Lipinski definition) is 0. The van der Waals surface area contributed by atoms with Crippen LogP contribution >= 0.6 is 0 Å². The standard InChI is InChI=1S/C4H6N2O/c1-2-6(3-5)4-7/h4H,2H2,1H3. The molecule has 0 aromatic rings. The van der Waals surface area contributed by atoms with Crippen molar-refractivity contribution in [2.24, 2.45) is 0 Å². The zero-order valence-electron chi connectivity index (χ0n) is 4.09. The van der Waals surface area contributed by atoms with E-state index in [1.165, 1.54) is 0 Å². The molecule has 0 radical (unpaired) electrons. The van der Waals surface area contributed by atoms with Gasteiger partial charge in [0.05, 0.1) is 0 Å². The third-order valence-electron chi connectivity index (χ3n) is 0.596. The fourth-order valence-corrected chi connectivity index (χ4v) is 0.169. The maximum absolute atomic E-state index is 9.67. The summed E-state index contributed by atoms with van der Waals surface area (Å²) in [5, 5.41) is 7.97. The maximum atomic E-state index is 9.67. The van der Waals surface area contributed by atoms with Crippen molar-refractivity contribution in [3.63, 3.8) is 0 Å². The first-order valence-electron chi connectivity index (χ1n) is 1.96. The van der Waals surface area contributed by atoms with Crippen LogP contribution in [0.25, 0.3) is 0 Å². The summed E-state index contributed by atoms with van der Waals surface area (Å²) in [7, 11) is 0. The fourth-order valence-electron chi connectivity index (χ4n) is 0.169. The molecule has 38 valence electrons. The topological polar surface area (TPSA) is 44.1 Å². The van der Waals surface area contributed by atoms with Crippen LogP contribution in [-0.2, 0) is 4.79 Å². The molecule has 1 amide bonds. The molecule has 0 aliphatic rings. The van der Waals surface area contributed by atoms with Crippen molar-refractivity contribution in [1.29, 1.82) is 5.26 Å². The van der Waals surface area contributed by atoms with Gasteiger partial charge in [-0.3, -0.25) is 9.69 Å². The Morgan fingerprint density at radius 1 is 2.00 bits per heavy atom. The SMILES string of the molecule is CCN(C#N)C=O. The molecule has 0 aromatic heterocycles. The molecule has 0 unspecified atom stereocenters. The number of nitriles is 1. The Hall–Kier alpha value is -1.04. The lowest BCUT2D eigenvalue weighted by atomic mass is 10.7. The van der Waals surface area contributed by atoms with Crippen LogP contribution in [0, 0.1) is 11.5 Å². The minimum absolute atomic E-state index is 0.458. The van der Waals surface area contributed by atoms with Crippen LogP contribution in [0.15, 0.2) is 0 Å². The highest BCUT2D eigenvalue weighted by Crippen LogP contribution is 1.71. The largest absolute Gasteiger partial charge is 0.278 e. The van der Waals surface area contributed by atoms with Crippen LogP contribution < -0.4 is 0 Å². The van der Waals surface area contributed by atoms with Gasteiger partial charge in [0.25, 0.3) is 0 Å². The summed E-state index contributed by atoms with van der Waals surface area (Å²) in [6.45, 7) is 2.19. The normalized spacial score (nSPS) is 6.86. The average molecular weight is 98.1 g/mol. The van der Waals surface area contributed by atoms with Crippen LogP contribution in [0.3, 0.4) is 0 Å².